The van der Waals surface area contributed by atoms with E-state index in [4.69, 9.17) is 5.11 Å². The molecule has 7 nitrogen and oxygen atoms in total. The molecule has 0 heterocycles. The van der Waals surface area contributed by atoms with Crippen molar-refractivity contribution in [2.24, 2.45) is 5.92 Å². The van der Waals surface area contributed by atoms with E-state index in [-0.39, 0.29) is 19.2 Å². The van der Waals surface area contributed by atoms with Gasteiger partial charge in [-0.25, -0.2) is 4.79 Å². The number of rotatable bonds is 5. The summed E-state index contributed by atoms with van der Waals surface area (Å²) in [5, 5.41) is 13.6. The van der Waals surface area contributed by atoms with Crippen molar-refractivity contribution in [3.8, 4) is 0 Å². The minimum absolute atomic E-state index is 0.210. The van der Waals surface area contributed by atoms with Crippen molar-refractivity contribution < 1.29 is 24.2 Å². The first-order chi connectivity index (χ1) is 8.52. The zero-order valence-electron chi connectivity index (χ0n) is 10.0. The number of carbonyl (C=O) groups is 3. The Labute approximate surface area is 104 Å². The second-order valence-corrected chi connectivity index (χ2v) is 3.80. The van der Waals surface area contributed by atoms with Crippen LogP contribution in [0.5, 0.6) is 0 Å². The lowest BCUT2D eigenvalue weighted by Crippen LogP contribution is -2.43. The monoisotopic (exact) mass is 256 g/mol. The van der Waals surface area contributed by atoms with Gasteiger partial charge in [-0.2, -0.15) is 0 Å². The molecule has 0 radical (unpaired) electrons. The number of ether oxygens (including phenoxy) is 1. The third kappa shape index (κ3) is 4.44. The molecule has 0 aromatic carbocycles. The van der Waals surface area contributed by atoms with Crippen LogP contribution in [0, 0.1) is 5.92 Å². The SMILES string of the molecule is CCOC(=O)CNC(=O)NC1C=CC(C(=O)O)C1. The third-order valence-electron chi connectivity index (χ3n) is 2.42. The summed E-state index contributed by atoms with van der Waals surface area (Å²) in [5.74, 6) is -2.00. The summed E-state index contributed by atoms with van der Waals surface area (Å²) in [5.41, 5.74) is 0. The van der Waals surface area contributed by atoms with Gasteiger partial charge in [0.25, 0.3) is 0 Å². The van der Waals surface area contributed by atoms with Gasteiger partial charge in [0.1, 0.15) is 6.54 Å². The number of esters is 1. The van der Waals surface area contributed by atoms with E-state index in [1.807, 2.05) is 0 Å². The van der Waals surface area contributed by atoms with Crippen molar-refractivity contribution >= 4 is 18.0 Å². The van der Waals surface area contributed by atoms with Gasteiger partial charge in [0.15, 0.2) is 0 Å². The number of aliphatic carboxylic acids is 1. The highest BCUT2D eigenvalue weighted by Crippen LogP contribution is 2.17. The molecule has 2 amide bonds. The lowest BCUT2D eigenvalue weighted by molar-refractivity contribution is -0.142. The summed E-state index contributed by atoms with van der Waals surface area (Å²) < 4.78 is 4.64. The van der Waals surface area contributed by atoms with Crippen LogP contribution in [0.25, 0.3) is 0 Å². The van der Waals surface area contributed by atoms with E-state index in [9.17, 15) is 14.4 Å². The largest absolute Gasteiger partial charge is 0.481 e. The van der Waals surface area contributed by atoms with E-state index in [0.29, 0.717) is 6.42 Å². The first-order valence-electron chi connectivity index (χ1n) is 5.64. The summed E-state index contributed by atoms with van der Waals surface area (Å²) >= 11 is 0. The molecule has 18 heavy (non-hydrogen) atoms. The standard InChI is InChI=1S/C11H16N2O5/c1-2-18-9(14)6-12-11(17)13-8-4-3-7(5-8)10(15)16/h3-4,7-8H,2,5-6H2,1H3,(H,15,16)(H2,12,13,17). The molecular formula is C11H16N2O5. The minimum Gasteiger partial charge on any atom is -0.481 e. The van der Waals surface area contributed by atoms with E-state index < -0.39 is 23.9 Å². The van der Waals surface area contributed by atoms with Crippen LogP contribution >= 0.6 is 0 Å². The van der Waals surface area contributed by atoms with Gasteiger partial charge in [-0.1, -0.05) is 12.2 Å². The lowest BCUT2D eigenvalue weighted by atomic mass is 10.1. The number of urea groups is 1. The van der Waals surface area contributed by atoms with Crippen LogP contribution in [0.1, 0.15) is 13.3 Å². The summed E-state index contributed by atoms with van der Waals surface area (Å²) in [6.45, 7) is 1.72. The van der Waals surface area contributed by atoms with Gasteiger partial charge in [0, 0.05) is 0 Å². The van der Waals surface area contributed by atoms with Crippen LogP contribution in [-0.4, -0.2) is 42.3 Å². The molecule has 2 atom stereocenters. The summed E-state index contributed by atoms with van der Waals surface area (Å²) in [7, 11) is 0. The number of carbonyl (C=O) groups excluding carboxylic acids is 2. The predicted octanol–water partition coefficient (Wildman–Crippen LogP) is -0.122. The van der Waals surface area contributed by atoms with Crippen molar-refractivity contribution in [2.75, 3.05) is 13.2 Å². The van der Waals surface area contributed by atoms with Crippen molar-refractivity contribution in [1.82, 2.24) is 10.6 Å². The van der Waals surface area contributed by atoms with Gasteiger partial charge < -0.3 is 20.5 Å². The maximum Gasteiger partial charge on any atom is 0.325 e. The second-order valence-electron chi connectivity index (χ2n) is 3.80. The zero-order valence-corrected chi connectivity index (χ0v) is 10.0. The Kier molecular flexibility index (Phi) is 5.16. The van der Waals surface area contributed by atoms with Crippen LogP contribution in [0.2, 0.25) is 0 Å². The van der Waals surface area contributed by atoms with Crippen molar-refractivity contribution in [2.45, 2.75) is 19.4 Å². The average molecular weight is 256 g/mol. The lowest BCUT2D eigenvalue weighted by Gasteiger charge is -2.12. The number of carboxylic acids is 1. The van der Waals surface area contributed by atoms with Gasteiger partial charge in [-0.15, -0.1) is 0 Å². The van der Waals surface area contributed by atoms with Crippen molar-refractivity contribution in [1.29, 1.82) is 0 Å². The van der Waals surface area contributed by atoms with Crippen LogP contribution < -0.4 is 10.6 Å². The minimum atomic E-state index is -0.914. The van der Waals surface area contributed by atoms with Crippen molar-refractivity contribution in [3.05, 3.63) is 12.2 Å². The Morgan fingerprint density at radius 3 is 2.67 bits per heavy atom. The van der Waals surface area contributed by atoms with Crippen LogP contribution in [0.15, 0.2) is 12.2 Å². The van der Waals surface area contributed by atoms with Gasteiger partial charge in [-0.3, -0.25) is 9.59 Å². The maximum absolute atomic E-state index is 11.4. The van der Waals surface area contributed by atoms with Gasteiger partial charge >= 0.3 is 18.0 Å². The molecule has 7 heteroatoms. The van der Waals surface area contributed by atoms with Crippen LogP contribution in [-0.2, 0) is 14.3 Å². The highest BCUT2D eigenvalue weighted by atomic mass is 16.5. The molecule has 0 aromatic rings. The molecule has 1 aliphatic carbocycles. The highest BCUT2D eigenvalue weighted by molar-refractivity contribution is 5.81. The summed E-state index contributed by atoms with van der Waals surface area (Å²) in [4.78, 5) is 33.0. The molecule has 0 aromatic heterocycles. The molecule has 0 fully saturated rings. The van der Waals surface area contributed by atoms with E-state index in [1.165, 1.54) is 0 Å². The average Bonchev–Trinajstić information content (AvgIpc) is 2.75. The van der Waals surface area contributed by atoms with Gasteiger partial charge in [0.05, 0.1) is 18.6 Å². The number of hydrogen-bond acceptors (Lipinski definition) is 4. The Morgan fingerprint density at radius 1 is 1.39 bits per heavy atom. The van der Waals surface area contributed by atoms with Gasteiger partial charge in [-0.05, 0) is 13.3 Å². The van der Waals surface area contributed by atoms with Crippen LogP contribution in [0.3, 0.4) is 0 Å². The Balaban J connectivity index is 2.24. The normalized spacial score (nSPS) is 21.4. The fourth-order valence-corrected chi connectivity index (χ4v) is 1.57. The van der Waals surface area contributed by atoms with E-state index in [1.54, 1.807) is 19.1 Å². The molecule has 1 aliphatic rings. The van der Waals surface area contributed by atoms with Crippen LogP contribution in [0.4, 0.5) is 4.79 Å². The maximum atomic E-state index is 11.4. The molecule has 0 spiro atoms. The topological polar surface area (TPSA) is 105 Å². The Hall–Kier alpha value is -2.05. The fourth-order valence-electron chi connectivity index (χ4n) is 1.57. The molecule has 0 aliphatic heterocycles. The number of hydrogen-bond donors (Lipinski definition) is 3. The smallest absolute Gasteiger partial charge is 0.325 e. The van der Waals surface area contributed by atoms with E-state index >= 15 is 0 Å². The van der Waals surface area contributed by atoms with Crippen molar-refractivity contribution in [3.63, 3.8) is 0 Å². The molecule has 3 N–H and O–H groups in total. The predicted molar refractivity (Wildman–Crippen MR) is 61.8 cm³/mol. The fraction of sp³-hybridized carbons (Fsp3) is 0.545. The highest BCUT2D eigenvalue weighted by Gasteiger charge is 2.25. The summed E-state index contributed by atoms with van der Waals surface area (Å²) in [6.07, 6.45) is 3.49. The molecule has 1 rings (SSSR count). The molecule has 0 bridgehead atoms. The Morgan fingerprint density at radius 2 is 2.11 bits per heavy atom. The number of amides is 2. The zero-order chi connectivity index (χ0) is 13.5. The van der Waals surface area contributed by atoms with E-state index in [2.05, 4.69) is 15.4 Å². The first kappa shape index (κ1) is 14.0. The second kappa shape index (κ2) is 6.63. The molecule has 0 saturated heterocycles. The van der Waals surface area contributed by atoms with E-state index in [0.717, 1.165) is 0 Å². The first-order valence-corrected chi connectivity index (χ1v) is 5.64. The Bertz CT molecular complexity index is 366. The molecule has 0 saturated carbocycles. The number of carboxylic acid groups (broad SMARTS) is 1. The molecular weight excluding hydrogens is 240 g/mol. The summed E-state index contributed by atoms with van der Waals surface area (Å²) in [6, 6.07) is -0.850. The number of nitrogens with one attached hydrogen (secondary N) is 2. The molecule has 100 valence electrons. The van der Waals surface area contributed by atoms with Gasteiger partial charge in [0.2, 0.25) is 0 Å². The molecule has 2 unspecified atom stereocenters. The third-order valence-corrected chi connectivity index (χ3v) is 2.42. The quantitative estimate of drug-likeness (QED) is 0.470.